The molecule has 0 unspecified atom stereocenters. The minimum Gasteiger partial charge on any atom is -0.455 e. The first-order valence-corrected chi connectivity index (χ1v) is 12.6. The topological polar surface area (TPSA) is 52.1 Å². The molecule has 0 saturated heterocycles. The Morgan fingerprint density at radius 1 is 0.447 bits per heavy atom. The van der Waals surface area contributed by atoms with Gasteiger partial charge in [0, 0.05) is 33.3 Å². The molecule has 0 aliphatic heterocycles. The first-order chi connectivity index (χ1) is 18.8. The molecule has 4 heteroatoms. The molecular weight excluding hydrogens is 468 g/mol. The SMILES string of the molecule is c1ccc(-c2cccc(-c3ccc(-c4c5oc6ccccc6c5cc5c4oc4ccccc45)cc3)n2)nc1. The molecule has 0 saturated carbocycles. The van der Waals surface area contributed by atoms with E-state index in [4.69, 9.17) is 13.8 Å². The van der Waals surface area contributed by atoms with E-state index in [-0.39, 0.29) is 0 Å². The van der Waals surface area contributed by atoms with Crippen LogP contribution in [0.4, 0.5) is 0 Å². The monoisotopic (exact) mass is 488 g/mol. The Labute approximate surface area is 217 Å². The molecule has 0 spiro atoms. The summed E-state index contributed by atoms with van der Waals surface area (Å²) >= 11 is 0. The van der Waals surface area contributed by atoms with Gasteiger partial charge in [-0.1, -0.05) is 72.8 Å². The summed E-state index contributed by atoms with van der Waals surface area (Å²) in [6.45, 7) is 0. The third-order valence-corrected chi connectivity index (χ3v) is 7.16. The van der Waals surface area contributed by atoms with E-state index >= 15 is 0 Å². The first-order valence-electron chi connectivity index (χ1n) is 12.6. The molecular formula is C34H20N2O2. The van der Waals surface area contributed by atoms with E-state index < -0.39 is 0 Å². The highest BCUT2D eigenvalue weighted by atomic mass is 16.3. The molecule has 0 N–H and O–H groups in total. The van der Waals surface area contributed by atoms with E-state index in [0.717, 1.165) is 77.6 Å². The van der Waals surface area contributed by atoms with Crippen molar-refractivity contribution in [1.82, 2.24) is 9.97 Å². The van der Waals surface area contributed by atoms with E-state index in [1.54, 1.807) is 6.20 Å². The molecule has 0 atom stereocenters. The number of nitrogens with zero attached hydrogens (tertiary/aromatic N) is 2. The molecule has 0 amide bonds. The third kappa shape index (κ3) is 3.17. The van der Waals surface area contributed by atoms with Gasteiger partial charge in [0.15, 0.2) is 0 Å². The highest BCUT2D eigenvalue weighted by molar-refractivity contribution is 6.21. The predicted octanol–water partition coefficient (Wildman–Crippen LogP) is 9.28. The van der Waals surface area contributed by atoms with Gasteiger partial charge in [-0.05, 0) is 48.0 Å². The number of para-hydroxylation sites is 2. The van der Waals surface area contributed by atoms with Crippen LogP contribution in [-0.2, 0) is 0 Å². The average molecular weight is 489 g/mol. The number of hydrogen-bond acceptors (Lipinski definition) is 4. The first kappa shape index (κ1) is 20.9. The number of rotatable bonds is 3. The van der Waals surface area contributed by atoms with Crippen LogP contribution in [0.2, 0.25) is 0 Å². The molecule has 0 radical (unpaired) electrons. The maximum absolute atomic E-state index is 6.44. The number of furan rings is 2. The second kappa shape index (κ2) is 8.15. The van der Waals surface area contributed by atoms with E-state index in [2.05, 4.69) is 59.6 Å². The summed E-state index contributed by atoms with van der Waals surface area (Å²) in [4.78, 5) is 9.32. The van der Waals surface area contributed by atoms with Gasteiger partial charge in [-0.2, -0.15) is 0 Å². The Morgan fingerprint density at radius 3 is 1.68 bits per heavy atom. The van der Waals surface area contributed by atoms with Gasteiger partial charge < -0.3 is 8.83 Å². The minimum atomic E-state index is 0.834. The van der Waals surface area contributed by atoms with Gasteiger partial charge in [0.2, 0.25) is 0 Å². The van der Waals surface area contributed by atoms with Crippen LogP contribution < -0.4 is 0 Å². The summed E-state index contributed by atoms with van der Waals surface area (Å²) in [5.74, 6) is 0. The molecule has 0 aliphatic rings. The van der Waals surface area contributed by atoms with Gasteiger partial charge in [0.05, 0.1) is 22.6 Å². The van der Waals surface area contributed by atoms with E-state index in [9.17, 15) is 0 Å². The molecule has 8 aromatic rings. The van der Waals surface area contributed by atoms with Crippen LogP contribution in [0, 0.1) is 0 Å². The molecule has 4 aromatic heterocycles. The summed E-state index contributed by atoms with van der Waals surface area (Å²) in [6, 6.07) is 38.9. The van der Waals surface area contributed by atoms with E-state index in [1.807, 2.05) is 60.7 Å². The average Bonchev–Trinajstić information content (AvgIpc) is 3.55. The third-order valence-electron chi connectivity index (χ3n) is 7.16. The zero-order valence-corrected chi connectivity index (χ0v) is 20.3. The molecule has 4 aromatic carbocycles. The van der Waals surface area contributed by atoms with E-state index in [0.29, 0.717) is 0 Å². The molecule has 4 heterocycles. The van der Waals surface area contributed by atoms with Crippen molar-refractivity contribution in [3.63, 3.8) is 0 Å². The van der Waals surface area contributed by atoms with Crippen molar-refractivity contribution in [2.24, 2.45) is 0 Å². The number of hydrogen-bond donors (Lipinski definition) is 0. The van der Waals surface area contributed by atoms with Crippen LogP contribution in [0.15, 0.2) is 130 Å². The highest BCUT2D eigenvalue weighted by Crippen LogP contribution is 2.44. The van der Waals surface area contributed by atoms with Crippen LogP contribution >= 0.6 is 0 Å². The lowest BCUT2D eigenvalue weighted by atomic mass is 9.97. The van der Waals surface area contributed by atoms with E-state index in [1.165, 1.54) is 0 Å². The van der Waals surface area contributed by atoms with Gasteiger partial charge in [0.1, 0.15) is 22.3 Å². The predicted molar refractivity (Wildman–Crippen MR) is 153 cm³/mol. The molecule has 8 rings (SSSR count). The van der Waals surface area contributed by atoms with Gasteiger partial charge in [-0.3, -0.25) is 4.98 Å². The quantitative estimate of drug-likeness (QED) is 0.249. The normalized spacial score (nSPS) is 11.7. The minimum absolute atomic E-state index is 0.834. The zero-order chi connectivity index (χ0) is 25.1. The summed E-state index contributed by atoms with van der Waals surface area (Å²) in [5, 5.41) is 4.37. The van der Waals surface area contributed by atoms with Crippen molar-refractivity contribution in [3.8, 4) is 33.8 Å². The largest absolute Gasteiger partial charge is 0.455 e. The lowest BCUT2D eigenvalue weighted by Crippen LogP contribution is -1.90. The fourth-order valence-electron chi connectivity index (χ4n) is 5.36. The Hall–Kier alpha value is -5.22. The van der Waals surface area contributed by atoms with Gasteiger partial charge in [0.25, 0.3) is 0 Å². The molecule has 0 aliphatic carbocycles. The molecule has 4 nitrogen and oxygen atoms in total. The van der Waals surface area contributed by atoms with Crippen LogP contribution in [-0.4, -0.2) is 9.97 Å². The van der Waals surface area contributed by atoms with Crippen molar-refractivity contribution >= 4 is 43.9 Å². The molecule has 0 fully saturated rings. The van der Waals surface area contributed by atoms with Crippen LogP contribution in [0.25, 0.3) is 77.6 Å². The number of fused-ring (bicyclic) bond motifs is 6. The lowest BCUT2D eigenvalue weighted by molar-refractivity contribution is 0.658. The summed E-state index contributed by atoms with van der Waals surface area (Å²) in [6.07, 6.45) is 1.79. The van der Waals surface area contributed by atoms with Gasteiger partial charge in [-0.15, -0.1) is 0 Å². The van der Waals surface area contributed by atoms with Crippen molar-refractivity contribution < 1.29 is 8.83 Å². The maximum Gasteiger partial charge on any atom is 0.147 e. The summed E-state index contributed by atoms with van der Waals surface area (Å²) in [5.41, 5.74) is 9.04. The Morgan fingerprint density at radius 2 is 1.03 bits per heavy atom. The fourth-order valence-corrected chi connectivity index (χ4v) is 5.36. The Balaban J connectivity index is 1.33. The smallest absolute Gasteiger partial charge is 0.147 e. The lowest BCUT2D eigenvalue weighted by Gasteiger charge is -2.08. The Kier molecular flexibility index (Phi) is 4.49. The second-order valence-corrected chi connectivity index (χ2v) is 9.40. The van der Waals surface area contributed by atoms with Crippen molar-refractivity contribution in [1.29, 1.82) is 0 Å². The Bertz CT molecular complexity index is 2030. The number of aromatic nitrogens is 2. The fraction of sp³-hybridized carbons (Fsp3) is 0. The summed E-state index contributed by atoms with van der Waals surface area (Å²) < 4.78 is 12.9. The van der Waals surface area contributed by atoms with Crippen molar-refractivity contribution in [2.45, 2.75) is 0 Å². The summed E-state index contributed by atoms with van der Waals surface area (Å²) in [7, 11) is 0. The van der Waals surface area contributed by atoms with Crippen LogP contribution in [0.1, 0.15) is 0 Å². The molecule has 0 bridgehead atoms. The number of benzene rings is 4. The molecule has 38 heavy (non-hydrogen) atoms. The van der Waals surface area contributed by atoms with Crippen molar-refractivity contribution in [2.75, 3.05) is 0 Å². The van der Waals surface area contributed by atoms with Crippen molar-refractivity contribution in [3.05, 3.63) is 121 Å². The zero-order valence-electron chi connectivity index (χ0n) is 20.3. The highest BCUT2D eigenvalue weighted by Gasteiger charge is 2.21. The van der Waals surface area contributed by atoms with Gasteiger partial charge >= 0.3 is 0 Å². The number of pyridine rings is 2. The second-order valence-electron chi connectivity index (χ2n) is 9.40. The van der Waals surface area contributed by atoms with Crippen LogP contribution in [0.5, 0.6) is 0 Å². The van der Waals surface area contributed by atoms with Crippen LogP contribution in [0.3, 0.4) is 0 Å². The standard InChI is InChI=1S/C34H20N2O2/c1-3-13-30-23(8-1)25-20-26-24-9-2-4-14-31(24)38-34(26)32(33(25)37-30)22-17-15-21(16-18-22)27-11-7-12-29(36-27)28-10-5-6-19-35-28/h1-20H. The van der Waals surface area contributed by atoms with Gasteiger partial charge in [-0.25, -0.2) is 4.98 Å². The maximum atomic E-state index is 6.44. The molecule has 178 valence electrons.